The number of aryl methyl sites for hydroxylation is 1. The van der Waals surface area contributed by atoms with Crippen LogP contribution in [0.4, 0.5) is 0 Å². The Morgan fingerprint density at radius 1 is 0.826 bits per heavy atom. The Morgan fingerprint density at radius 3 is 2.02 bits per heavy atom. The maximum atomic E-state index is 13.1. The standard InChI is InChI=1S/C31H42O15/c1-14(5-6-16-7-9-18(32)10-8-16)43-30-27(38)25(36)23(34)21(45-30)13-42-29(39)17-11-19(40-3)28(20(12-17)41-4)46-31-26(37)24(35)22(33)15(2)44-31/h7-12,14-15,21-27,30-38H,5-6,13H2,1-4H3/t14-,15-,21+,22-,23+,24+,25-,26+,27+,30+,31-/m1/s1. The predicted octanol–water partition coefficient (Wildman–Crippen LogP) is -0.382. The topological polar surface area (TPSA) is 223 Å². The third-order valence-corrected chi connectivity index (χ3v) is 7.93. The molecule has 4 rings (SSSR count). The molecule has 0 aromatic heterocycles. The summed E-state index contributed by atoms with van der Waals surface area (Å²) < 4.78 is 38.8. The normalized spacial score (nSPS) is 32.0. The molecule has 0 aliphatic carbocycles. The fourth-order valence-electron chi connectivity index (χ4n) is 5.08. The van der Waals surface area contributed by atoms with E-state index < -0.39 is 80.1 Å². The molecule has 2 fully saturated rings. The molecular weight excluding hydrogens is 612 g/mol. The average Bonchev–Trinajstić information content (AvgIpc) is 3.05. The second-order valence-corrected chi connectivity index (χ2v) is 11.3. The van der Waals surface area contributed by atoms with Crippen LogP contribution in [0.5, 0.6) is 23.0 Å². The highest BCUT2D eigenvalue weighted by Gasteiger charge is 2.46. The molecule has 7 N–H and O–H groups in total. The smallest absolute Gasteiger partial charge is 0.338 e. The summed E-state index contributed by atoms with van der Waals surface area (Å²) >= 11 is 0. The number of hydrogen-bond donors (Lipinski definition) is 7. The van der Waals surface area contributed by atoms with E-state index in [0.29, 0.717) is 12.8 Å². The van der Waals surface area contributed by atoms with Gasteiger partial charge in [0.25, 0.3) is 0 Å². The summed E-state index contributed by atoms with van der Waals surface area (Å²) in [5.74, 6) is -0.834. The molecule has 2 saturated heterocycles. The minimum absolute atomic E-state index is 0.0161. The molecular formula is C31H42O15. The van der Waals surface area contributed by atoms with Crippen molar-refractivity contribution in [3.8, 4) is 23.0 Å². The van der Waals surface area contributed by atoms with E-state index in [9.17, 15) is 40.5 Å². The first-order chi connectivity index (χ1) is 21.8. The number of methoxy groups -OCH3 is 2. The lowest BCUT2D eigenvalue weighted by atomic mass is 9.99. The van der Waals surface area contributed by atoms with Crippen molar-refractivity contribution in [3.63, 3.8) is 0 Å². The number of aromatic hydroxyl groups is 1. The van der Waals surface area contributed by atoms with Gasteiger partial charge in [0.05, 0.1) is 32.0 Å². The van der Waals surface area contributed by atoms with Crippen LogP contribution in [0, 0.1) is 0 Å². The molecule has 2 aliphatic rings. The van der Waals surface area contributed by atoms with E-state index in [1.165, 1.54) is 33.3 Å². The monoisotopic (exact) mass is 654 g/mol. The number of carbonyl (C=O) groups is 1. The van der Waals surface area contributed by atoms with E-state index in [4.69, 9.17) is 33.2 Å². The average molecular weight is 655 g/mol. The molecule has 0 amide bonds. The zero-order valence-electron chi connectivity index (χ0n) is 25.8. The summed E-state index contributed by atoms with van der Waals surface area (Å²) in [5, 5.41) is 71.3. The van der Waals surface area contributed by atoms with Gasteiger partial charge in [-0.05, 0) is 56.5 Å². The molecule has 15 nitrogen and oxygen atoms in total. The minimum Gasteiger partial charge on any atom is -0.508 e. The summed E-state index contributed by atoms with van der Waals surface area (Å²) in [4.78, 5) is 13.1. The van der Waals surface area contributed by atoms with E-state index in [-0.39, 0.29) is 28.6 Å². The van der Waals surface area contributed by atoms with Crippen molar-refractivity contribution in [1.82, 2.24) is 0 Å². The summed E-state index contributed by atoms with van der Waals surface area (Å²) in [6.07, 6.45) is -13.5. The number of phenolic OH excluding ortho intramolecular Hbond substituents is 1. The molecule has 0 unspecified atom stereocenters. The van der Waals surface area contributed by atoms with Crippen LogP contribution in [-0.2, 0) is 25.4 Å². The van der Waals surface area contributed by atoms with Gasteiger partial charge in [0, 0.05) is 0 Å². The van der Waals surface area contributed by atoms with Gasteiger partial charge in [-0.25, -0.2) is 4.79 Å². The second-order valence-electron chi connectivity index (χ2n) is 11.3. The third-order valence-electron chi connectivity index (χ3n) is 7.93. The molecule has 2 aliphatic heterocycles. The first-order valence-electron chi connectivity index (χ1n) is 14.8. The molecule has 0 radical (unpaired) electrons. The van der Waals surface area contributed by atoms with Crippen molar-refractivity contribution >= 4 is 5.97 Å². The van der Waals surface area contributed by atoms with Crippen LogP contribution >= 0.6 is 0 Å². The molecule has 15 heteroatoms. The maximum absolute atomic E-state index is 13.1. The van der Waals surface area contributed by atoms with E-state index >= 15 is 0 Å². The fraction of sp³-hybridized carbons (Fsp3) is 0.581. The van der Waals surface area contributed by atoms with Crippen molar-refractivity contribution in [1.29, 1.82) is 0 Å². The molecule has 0 spiro atoms. The number of hydrogen-bond acceptors (Lipinski definition) is 15. The maximum Gasteiger partial charge on any atom is 0.338 e. The fourth-order valence-corrected chi connectivity index (χ4v) is 5.08. The summed E-state index contributed by atoms with van der Waals surface area (Å²) in [5.41, 5.74) is 0.899. The highest BCUT2D eigenvalue weighted by Crippen LogP contribution is 2.41. The van der Waals surface area contributed by atoms with Gasteiger partial charge >= 0.3 is 5.97 Å². The highest BCUT2D eigenvalue weighted by atomic mass is 16.7. The number of aliphatic hydroxyl groups excluding tert-OH is 6. The number of rotatable bonds is 12. The van der Waals surface area contributed by atoms with Crippen LogP contribution < -0.4 is 14.2 Å². The van der Waals surface area contributed by atoms with Crippen LogP contribution in [0.1, 0.15) is 36.2 Å². The largest absolute Gasteiger partial charge is 0.508 e. The SMILES string of the molecule is COc1cc(C(=O)OC[C@@H]2O[C@H](O[C@H](C)CCc3ccc(O)cc3)[C@@H](O)[C@H](O)[C@H]2O)cc(OC)c1O[C@H]1O[C@H](C)[C@@H](O)[C@H](O)[C@@H]1O. The second kappa shape index (κ2) is 15.6. The number of carbonyl (C=O) groups excluding carboxylic acids is 1. The minimum atomic E-state index is -1.65. The highest BCUT2D eigenvalue weighted by molar-refractivity contribution is 5.91. The van der Waals surface area contributed by atoms with Gasteiger partial charge in [-0.2, -0.15) is 0 Å². The Balaban J connectivity index is 1.39. The van der Waals surface area contributed by atoms with E-state index in [1.54, 1.807) is 31.2 Å². The van der Waals surface area contributed by atoms with Gasteiger partial charge in [0.1, 0.15) is 55.1 Å². The Labute approximate surface area is 265 Å². The zero-order chi connectivity index (χ0) is 33.7. The van der Waals surface area contributed by atoms with Crippen molar-refractivity contribution in [2.24, 2.45) is 0 Å². The number of ether oxygens (including phenoxy) is 7. The number of phenols is 1. The Morgan fingerprint density at radius 2 is 1.41 bits per heavy atom. The molecule has 0 saturated carbocycles. The molecule has 46 heavy (non-hydrogen) atoms. The van der Waals surface area contributed by atoms with Gasteiger partial charge in [0.15, 0.2) is 17.8 Å². The number of benzene rings is 2. The molecule has 0 bridgehead atoms. The molecule has 256 valence electrons. The van der Waals surface area contributed by atoms with Crippen LogP contribution in [0.3, 0.4) is 0 Å². The number of aliphatic hydroxyl groups is 6. The van der Waals surface area contributed by atoms with Gasteiger partial charge in [0.2, 0.25) is 12.0 Å². The van der Waals surface area contributed by atoms with E-state index in [1.807, 2.05) is 0 Å². The lowest BCUT2D eigenvalue weighted by molar-refractivity contribution is -0.310. The van der Waals surface area contributed by atoms with Gasteiger partial charge in [-0.15, -0.1) is 0 Å². The lowest BCUT2D eigenvalue weighted by Crippen LogP contribution is -2.59. The van der Waals surface area contributed by atoms with Gasteiger partial charge in [-0.3, -0.25) is 0 Å². The third kappa shape index (κ3) is 8.17. The van der Waals surface area contributed by atoms with Crippen LogP contribution in [-0.4, -0.2) is 130 Å². The van der Waals surface area contributed by atoms with Crippen molar-refractivity contribution in [2.75, 3.05) is 20.8 Å². The lowest BCUT2D eigenvalue weighted by Gasteiger charge is -2.40. The van der Waals surface area contributed by atoms with Crippen molar-refractivity contribution in [3.05, 3.63) is 47.5 Å². The first-order valence-corrected chi connectivity index (χ1v) is 14.8. The van der Waals surface area contributed by atoms with Crippen LogP contribution in [0.25, 0.3) is 0 Å². The molecule has 2 aromatic rings. The number of esters is 1. The Hall–Kier alpha value is -3.25. The zero-order valence-corrected chi connectivity index (χ0v) is 25.8. The first kappa shape index (κ1) is 35.6. The molecule has 2 heterocycles. The molecule has 2 aromatic carbocycles. The van der Waals surface area contributed by atoms with Crippen molar-refractivity contribution < 1.29 is 73.7 Å². The van der Waals surface area contributed by atoms with Crippen LogP contribution in [0.2, 0.25) is 0 Å². The van der Waals surface area contributed by atoms with Gasteiger partial charge in [-0.1, -0.05) is 12.1 Å². The van der Waals surface area contributed by atoms with E-state index in [0.717, 1.165) is 5.56 Å². The summed E-state index contributed by atoms with van der Waals surface area (Å²) in [6, 6.07) is 9.23. The Bertz CT molecular complexity index is 1260. The van der Waals surface area contributed by atoms with Gasteiger partial charge < -0.3 is 68.9 Å². The quantitative estimate of drug-likeness (QED) is 0.145. The Kier molecular flexibility index (Phi) is 12.0. The summed E-state index contributed by atoms with van der Waals surface area (Å²) in [6.45, 7) is 2.73. The summed E-state index contributed by atoms with van der Waals surface area (Å²) in [7, 11) is 2.59. The molecule has 11 atom stereocenters. The predicted molar refractivity (Wildman–Crippen MR) is 156 cm³/mol. The van der Waals surface area contributed by atoms with Crippen molar-refractivity contribution in [2.45, 2.75) is 94.2 Å². The van der Waals surface area contributed by atoms with E-state index in [2.05, 4.69) is 0 Å². The van der Waals surface area contributed by atoms with Crippen LogP contribution in [0.15, 0.2) is 36.4 Å².